The van der Waals surface area contributed by atoms with Gasteiger partial charge in [0.25, 0.3) is 5.91 Å². The minimum Gasteiger partial charge on any atom is -0.452 e. The van der Waals surface area contributed by atoms with E-state index in [2.05, 4.69) is 5.10 Å². The molecule has 0 atom stereocenters. The van der Waals surface area contributed by atoms with E-state index in [1.165, 1.54) is 12.1 Å². The zero-order chi connectivity index (χ0) is 21.6. The second kappa shape index (κ2) is 9.55. The maximum Gasteiger partial charge on any atom is 0.342 e. The number of carbonyl (C=O) groups excluding carboxylic acids is 2. The summed E-state index contributed by atoms with van der Waals surface area (Å²) in [6.07, 6.45) is 5.75. The molecular formula is C24H24FN3O3. The van der Waals surface area contributed by atoms with Gasteiger partial charge in [0.15, 0.2) is 6.61 Å². The first-order valence-corrected chi connectivity index (χ1v) is 10.5. The highest BCUT2D eigenvalue weighted by atomic mass is 19.1. The van der Waals surface area contributed by atoms with Gasteiger partial charge < -0.3 is 9.64 Å². The zero-order valence-electron chi connectivity index (χ0n) is 17.2. The quantitative estimate of drug-likeness (QED) is 0.578. The molecule has 0 spiro atoms. The third kappa shape index (κ3) is 4.99. The molecule has 0 N–H and O–H groups in total. The van der Waals surface area contributed by atoms with E-state index in [1.807, 2.05) is 30.3 Å². The SMILES string of the molecule is O=C(OCC(=O)N1CCCCCC1)c1cn(-c2ccccc2)nc1-c1ccc(F)cc1. The van der Waals surface area contributed by atoms with Gasteiger partial charge in [0.05, 0.1) is 5.69 Å². The molecule has 1 aromatic heterocycles. The monoisotopic (exact) mass is 421 g/mol. The fraction of sp³-hybridized carbons (Fsp3) is 0.292. The van der Waals surface area contributed by atoms with Crippen LogP contribution in [0.15, 0.2) is 60.8 Å². The molecule has 1 fully saturated rings. The summed E-state index contributed by atoms with van der Waals surface area (Å²) in [5.41, 5.74) is 1.95. The Balaban J connectivity index is 1.56. The second-order valence-corrected chi connectivity index (χ2v) is 7.55. The molecule has 160 valence electrons. The molecule has 0 bridgehead atoms. The molecule has 6 nitrogen and oxygen atoms in total. The van der Waals surface area contributed by atoms with Crippen molar-refractivity contribution in [3.63, 3.8) is 0 Å². The minimum absolute atomic E-state index is 0.186. The fourth-order valence-corrected chi connectivity index (χ4v) is 3.67. The normalized spacial score (nSPS) is 14.2. The average Bonchev–Trinajstić information content (AvgIpc) is 3.06. The Bertz CT molecular complexity index is 1040. The minimum atomic E-state index is -0.635. The summed E-state index contributed by atoms with van der Waals surface area (Å²) < 4.78 is 20.3. The molecule has 31 heavy (non-hydrogen) atoms. The van der Waals surface area contributed by atoms with Crippen molar-refractivity contribution in [1.29, 1.82) is 0 Å². The van der Waals surface area contributed by atoms with E-state index >= 15 is 0 Å². The van der Waals surface area contributed by atoms with E-state index in [9.17, 15) is 14.0 Å². The van der Waals surface area contributed by atoms with Crippen LogP contribution in [0.5, 0.6) is 0 Å². The maximum atomic E-state index is 13.4. The fourth-order valence-electron chi connectivity index (χ4n) is 3.67. The van der Waals surface area contributed by atoms with E-state index in [4.69, 9.17) is 4.74 Å². The van der Waals surface area contributed by atoms with Crippen LogP contribution in [0.4, 0.5) is 4.39 Å². The average molecular weight is 421 g/mol. The molecule has 2 heterocycles. The molecule has 1 saturated heterocycles. The number of halogens is 1. The molecular weight excluding hydrogens is 397 g/mol. The Labute approximate surface area is 180 Å². The van der Waals surface area contributed by atoms with Crippen LogP contribution in [0.25, 0.3) is 16.9 Å². The van der Waals surface area contributed by atoms with Gasteiger partial charge in [-0.2, -0.15) is 5.10 Å². The first-order valence-electron chi connectivity index (χ1n) is 10.5. The number of ether oxygens (including phenoxy) is 1. The Morgan fingerprint density at radius 1 is 0.935 bits per heavy atom. The van der Waals surface area contributed by atoms with E-state index in [1.54, 1.807) is 27.9 Å². The smallest absolute Gasteiger partial charge is 0.342 e. The highest BCUT2D eigenvalue weighted by Crippen LogP contribution is 2.25. The number of amides is 1. The predicted octanol–water partition coefficient (Wildman–Crippen LogP) is 4.24. The Kier molecular flexibility index (Phi) is 6.40. The summed E-state index contributed by atoms with van der Waals surface area (Å²) in [4.78, 5) is 27.1. The van der Waals surface area contributed by atoms with Gasteiger partial charge in [-0.1, -0.05) is 31.0 Å². The second-order valence-electron chi connectivity index (χ2n) is 7.55. The number of hydrogen-bond acceptors (Lipinski definition) is 4. The van der Waals surface area contributed by atoms with Gasteiger partial charge in [0.1, 0.15) is 17.1 Å². The van der Waals surface area contributed by atoms with Crippen molar-refractivity contribution < 1.29 is 18.7 Å². The molecule has 0 aliphatic carbocycles. The molecule has 1 aliphatic rings. The molecule has 0 radical (unpaired) electrons. The van der Waals surface area contributed by atoms with E-state index in [0.29, 0.717) is 24.3 Å². The van der Waals surface area contributed by atoms with E-state index in [-0.39, 0.29) is 23.9 Å². The van der Waals surface area contributed by atoms with Crippen molar-refractivity contribution in [2.24, 2.45) is 0 Å². The Hall–Kier alpha value is -3.48. The maximum absolute atomic E-state index is 13.4. The molecule has 4 rings (SSSR count). The summed E-state index contributed by atoms with van der Waals surface area (Å²) >= 11 is 0. The molecule has 1 aliphatic heterocycles. The van der Waals surface area contributed by atoms with Crippen LogP contribution in [0.3, 0.4) is 0 Å². The van der Waals surface area contributed by atoms with Gasteiger partial charge in [-0.25, -0.2) is 13.9 Å². The van der Waals surface area contributed by atoms with Crippen LogP contribution in [0, 0.1) is 5.82 Å². The Morgan fingerprint density at radius 3 is 2.29 bits per heavy atom. The summed E-state index contributed by atoms with van der Waals surface area (Å²) in [5, 5.41) is 4.53. The number of carbonyl (C=O) groups is 2. The van der Waals surface area contributed by atoms with Gasteiger partial charge in [0, 0.05) is 24.8 Å². The number of aromatic nitrogens is 2. The van der Waals surface area contributed by atoms with Gasteiger partial charge in [0.2, 0.25) is 0 Å². The standard InChI is InChI=1S/C24H24FN3O3/c25-19-12-10-18(11-13-19)23-21(16-28(26-23)20-8-4-3-5-9-20)24(30)31-17-22(29)27-14-6-1-2-7-15-27/h3-5,8-13,16H,1-2,6-7,14-15,17H2. The van der Waals surface area contributed by atoms with Crippen molar-refractivity contribution in [1.82, 2.24) is 14.7 Å². The molecule has 1 amide bonds. The van der Waals surface area contributed by atoms with Crippen LogP contribution < -0.4 is 0 Å². The molecule has 0 unspecified atom stereocenters. The largest absolute Gasteiger partial charge is 0.452 e. The zero-order valence-corrected chi connectivity index (χ0v) is 17.2. The van der Waals surface area contributed by atoms with E-state index < -0.39 is 5.97 Å². The number of benzene rings is 2. The molecule has 7 heteroatoms. The summed E-state index contributed by atoms with van der Waals surface area (Å²) in [7, 11) is 0. The van der Waals surface area contributed by atoms with Crippen molar-refractivity contribution in [3.8, 4) is 16.9 Å². The third-order valence-corrected chi connectivity index (χ3v) is 5.36. The molecule has 2 aromatic carbocycles. The molecule has 0 saturated carbocycles. The lowest BCUT2D eigenvalue weighted by molar-refractivity contribution is -0.134. The van der Waals surface area contributed by atoms with Crippen LogP contribution >= 0.6 is 0 Å². The van der Waals surface area contributed by atoms with Crippen molar-refractivity contribution in [2.45, 2.75) is 25.7 Å². The van der Waals surface area contributed by atoms with Gasteiger partial charge in [-0.05, 0) is 49.2 Å². The number of esters is 1. The number of para-hydroxylation sites is 1. The number of nitrogens with zero attached hydrogens (tertiary/aromatic N) is 3. The van der Waals surface area contributed by atoms with Gasteiger partial charge >= 0.3 is 5.97 Å². The summed E-state index contributed by atoms with van der Waals surface area (Å²) in [5.74, 6) is -1.20. The van der Waals surface area contributed by atoms with Crippen LogP contribution in [0.1, 0.15) is 36.0 Å². The first-order chi connectivity index (χ1) is 15.1. The summed E-state index contributed by atoms with van der Waals surface area (Å²) in [6.45, 7) is 1.09. The predicted molar refractivity (Wildman–Crippen MR) is 114 cm³/mol. The van der Waals surface area contributed by atoms with Crippen LogP contribution in [-0.2, 0) is 9.53 Å². The van der Waals surface area contributed by atoms with Crippen molar-refractivity contribution in [2.75, 3.05) is 19.7 Å². The number of likely N-dealkylation sites (tertiary alicyclic amines) is 1. The lowest BCUT2D eigenvalue weighted by Crippen LogP contribution is -2.35. The summed E-state index contributed by atoms with van der Waals surface area (Å²) in [6, 6.07) is 15.1. The Morgan fingerprint density at radius 2 is 1.61 bits per heavy atom. The van der Waals surface area contributed by atoms with Crippen molar-refractivity contribution in [3.05, 3.63) is 72.2 Å². The lowest BCUT2D eigenvalue weighted by atomic mass is 10.1. The van der Waals surface area contributed by atoms with Crippen LogP contribution in [-0.4, -0.2) is 46.3 Å². The lowest BCUT2D eigenvalue weighted by Gasteiger charge is -2.19. The van der Waals surface area contributed by atoms with Crippen molar-refractivity contribution >= 4 is 11.9 Å². The van der Waals surface area contributed by atoms with Crippen LogP contribution in [0.2, 0.25) is 0 Å². The van der Waals surface area contributed by atoms with E-state index in [0.717, 1.165) is 31.4 Å². The third-order valence-electron chi connectivity index (χ3n) is 5.36. The number of rotatable bonds is 5. The number of hydrogen-bond donors (Lipinski definition) is 0. The topological polar surface area (TPSA) is 64.4 Å². The molecule has 3 aromatic rings. The van der Waals surface area contributed by atoms with Gasteiger partial charge in [-0.3, -0.25) is 4.79 Å². The highest BCUT2D eigenvalue weighted by Gasteiger charge is 2.22. The first kappa shape index (κ1) is 20.8. The highest BCUT2D eigenvalue weighted by molar-refractivity contribution is 5.97. The van der Waals surface area contributed by atoms with Gasteiger partial charge in [-0.15, -0.1) is 0 Å².